The predicted octanol–water partition coefficient (Wildman–Crippen LogP) is 4.42. The summed E-state index contributed by atoms with van der Waals surface area (Å²) in [4.78, 5) is 10.8. The van der Waals surface area contributed by atoms with Gasteiger partial charge in [-0.25, -0.2) is 4.98 Å². The van der Waals surface area contributed by atoms with Crippen LogP contribution in [0.2, 0.25) is 0 Å². The minimum atomic E-state index is -4.30. The van der Waals surface area contributed by atoms with Crippen LogP contribution in [0.1, 0.15) is 31.2 Å². The molecule has 0 unspecified atom stereocenters. The molecule has 0 aromatic carbocycles. The average Bonchev–Trinajstić information content (AvgIpc) is 3.14. The lowest BCUT2D eigenvalue weighted by Gasteiger charge is -2.45. The highest BCUT2D eigenvalue weighted by atomic mass is 19.4. The number of nitrogens with zero attached hydrogens (tertiary/aromatic N) is 3. The lowest BCUT2D eigenvalue weighted by molar-refractivity contribution is -0.147. The first-order valence-electron chi connectivity index (χ1n) is 10.4. The highest BCUT2D eigenvalue weighted by Gasteiger charge is 2.37. The molecule has 1 aliphatic heterocycles. The number of hydrogen-bond donors (Lipinski definition) is 2. The maximum Gasteiger partial charge on any atom is 0.401 e. The number of rotatable bonds is 5. The molecule has 2 aromatic rings. The molecular weight excluding hydrogens is 424 g/mol. The van der Waals surface area contributed by atoms with Crippen molar-refractivity contribution in [3.8, 4) is 0 Å². The van der Waals surface area contributed by atoms with E-state index in [1.807, 2.05) is 11.0 Å². The Morgan fingerprint density at radius 2 is 1.81 bits per heavy atom. The van der Waals surface area contributed by atoms with Crippen LogP contribution in [0.5, 0.6) is 0 Å². The molecule has 1 fully saturated rings. The number of alkyl halides is 6. The lowest BCUT2D eigenvalue weighted by atomic mass is 9.84. The molecule has 0 bridgehead atoms. The molecule has 1 aliphatic carbocycles. The van der Waals surface area contributed by atoms with Gasteiger partial charge in [-0.1, -0.05) is 0 Å². The molecule has 3 heterocycles. The van der Waals surface area contributed by atoms with Crippen molar-refractivity contribution in [2.24, 2.45) is 5.92 Å². The van der Waals surface area contributed by atoms with Gasteiger partial charge in [-0.05, 0) is 44.2 Å². The van der Waals surface area contributed by atoms with E-state index in [0.717, 1.165) is 42.3 Å². The van der Waals surface area contributed by atoms with Gasteiger partial charge in [0.25, 0.3) is 0 Å². The highest BCUT2D eigenvalue weighted by molar-refractivity contribution is 5.92. The second-order valence-corrected chi connectivity index (χ2v) is 8.51. The molecule has 11 heteroatoms. The van der Waals surface area contributed by atoms with E-state index in [1.165, 1.54) is 4.90 Å². The van der Waals surface area contributed by atoms with Crippen LogP contribution >= 0.6 is 0 Å². The lowest BCUT2D eigenvalue weighted by Crippen LogP contribution is -2.51. The molecular formula is C20H25F6N5. The number of halogens is 6. The fourth-order valence-electron chi connectivity index (χ4n) is 4.80. The molecule has 4 rings (SSSR count). The second kappa shape index (κ2) is 8.50. The molecule has 5 nitrogen and oxygen atoms in total. The van der Waals surface area contributed by atoms with E-state index in [2.05, 4.69) is 15.3 Å². The minimum Gasteiger partial charge on any atom is -0.355 e. The van der Waals surface area contributed by atoms with Crippen molar-refractivity contribution in [3.05, 3.63) is 24.0 Å². The van der Waals surface area contributed by atoms with Crippen LogP contribution in [-0.2, 0) is 6.54 Å². The molecule has 0 amide bonds. The van der Waals surface area contributed by atoms with Gasteiger partial charge in [-0.15, -0.1) is 0 Å². The number of hydrogen-bond acceptors (Lipinski definition) is 4. The summed E-state index contributed by atoms with van der Waals surface area (Å²) in [5.74, 6) is 0.138. The summed E-state index contributed by atoms with van der Waals surface area (Å²) in [5.41, 5.74) is 2.37. The topological polar surface area (TPSA) is 47.2 Å². The summed E-state index contributed by atoms with van der Waals surface area (Å²) in [6.07, 6.45) is -2.19. The van der Waals surface area contributed by atoms with Crippen LogP contribution in [0.4, 0.5) is 32.0 Å². The molecule has 0 atom stereocenters. The third-order valence-electron chi connectivity index (χ3n) is 6.09. The van der Waals surface area contributed by atoms with Crippen LogP contribution < -0.4 is 10.2 Å². The Kier molecular flexibility index (Phi) is 6.08. The van der Waals surface area contributed by atoms with Crippen molar-refractivity contribution < 1.29 is 26.3 Å². The van der Waals surface area contributed by atoms with E-state index in [0.29, 0.717) is 12.2 Å². The van der Waals surface area contributed by atoms with Crippen molar-refractivity contribution in [1.82, 2.24) is 20.2 Å². The number of H-pyrrole nitrogens is 1. The average molecular weight is 449 g/mol. The fraction of sp³-hybridized carbons (Fsp3) is 0.650. The summed E-state index contributed by atoms with van der Waals surface area (Å²) in [6, 6.07) is 1.93. The van der Waals surface area contributed by atoms with E-state index < -0.39 is 25.4 Å². The van der Waals surface area contributed by atoms with Crippen LogP contribution in [0.25, 0.3) is 11.0 Å². The van der Waals surface area contributed by atoms with Crippen molar-refractivity contribution in [2.75, 3.05) is 31.2 Å². The van der Waals surface area contributed by atoms with Crippen molar-refractivity contribution in [1.29, 1.82) is 0 Å². The number of pyridine rings is 1. The Balaban J connectivity index is 1.48. The van der Waals surface area contributed by atoms with E-state index in [9.17, 15) is 26.3 Å². The molecule has 1 saturated carbocycles. The van der Waals surface area contributed by atoms with Gasteiger partial charge in [0, 0.05) is 35.9 Å². The SMILES string of the molecule is FC(F)(F)CNCC1CCC(N2CN(CC(F)(F)F)Cc3cnc4[nH]ccc4c32)CC1. The summed E-state index contributed by atoms with van der Waals surface area (Å²) in [5, 5.41) is 3.36. The minimum absolute atomic E-state index is 0.0362. The standard InChI is InChI=1S/C20H25F6N5/c21-19(22,23)10-27-7-13-1-3-15(4-2-13)31-12-30(11-20(24,25)26)9-14-8-29-18-16(17(14)31)5-6-28-18/h5-6,8,13,15,27H,1-4,7,9-12H2,(H,28,29). The van der Waals surface area contributed by atoms with Gasteiger partial charge < -0.3 is 15.2 Å². The van der Waals surface area contributed by atoms with Crippen molar-refractivity contribution in [2.45, 2.75) is 50.6 Å². The van der Waals surface area contributed by atoms with E-state index in [-0.39, 0.29) is 25.2 Å². The third kappa shape index (κ3) is 5.43. The fourth-order valence-corrected chi connectivity index (χ4v) is 4.80. The molecule has 0 saturated heterocycles. The highest BCUT2D eigenvalue weighted by Crippen LogP contribution is 2.39. The first-order valence-corrected chi connectivity index (χ1v) is 10.4. The third-order valence-corrected chi connectivity index (χ3v) is 6.09. The normalized spacial score (nSPS) is 23.4. The molecule has 2 aliphatic rings. The quantitative estimate of drug-likeness (QED) is 0.664. The van der Waals surface area contributed by atoms with E-state index in [1.54, 1.807) is 12.4 Å². The largest absolute Gasteiger partial charge is 0.401 e. The second-order valence-electron chi connectivity index (χ2n) is 8.51. The van der Waals surface area contributed by atoms with Crippen LogP contribution in [0.3, 0.4) is 0 Å². The molecule has 172 valence electrons. The maximum absolute atomic E-state index is 13.1. The van der Waals surface area contributed by atoms with E-state index >= 15 is 0 Å². The Morgan fingerprint density at radius 1 is 1.06 bits per heavy atom. The van der Waals surface area contributed by atoms with E-state index in [4.69, 9.17) is 0 Å². The number of aromatic nitrogens is 2. The van der Waals surface area contributed by atoms with Gasteiger partial charge in [-0.2, -0.15) is 26.3 Å². The zero-order valence-electron chi connectivity index (χ0n) is 16.9. The Labute approximate surface area is 175 Å². The van der Waals surface area contributed by atoms with Crippen LogP contribution in [-0.4, -0.2) is 59.6 Å². The molecule has 0 radical (unpaired) electrons. The number of nitrogens with one attached hydrogen (secondary N) is 2. The Morgan fingerprint density at radius 3 is 2.48 bits per heavy atom. The van der Waals surface area contributed by atoms with Gasteiger partial charge in [0.05, 0.1) is 25.4 Å². The molecule has 31 heavy (non-hydrogen) atoms. The van der Waals surface area contributed by atoms with Gasteiger partial charge in [0.2, 0.25) is 0 Å². The summed E-state index contributed by atoms with van der Waals surface area (Å²) in [6.45, 7) is -1.36. The first-order chi connectivity index (χ1) is 14.6. The molecule has 2 N–H and O–H groups in total. The maximum atomic E-state index is 13.1. The predicted molar refractivity (Wildman–Crippen MR) is 105 cm³/mol. The monoisotopic (exact) mass is 449 g/mol. The van der Waals surface area contributed by atoms with Gasteiger partial charge >= 0.3 is 12.4 Å². The summed E-state index contributed by atoms with van der Waals surface area (Å²) < 4.78 is 76.3. The molecule has 0 spiro atoms. The van der Waals surface area contributed by atoms with Crippen LogP contribution in [0, 0.1) is 5.92 Å². The number of anilines is 1. The number of fused-ring (bicyclic) bond motifs is 3. The zero-order valence-corrected chi connectivity index (χ0v) is 16.9. The van der Waals surface area contributed by atoms with Gasteiger partial charge in [0.15, 0.2) is 0 Å². The first kappa shape index (κ1) is 22.2. The van der Waals surface area contributed by atoms with Gasteiger partial charge in [0.1, 0.15) is 5.65 Å². The van der Waals surface area contributed by atoms with Crippen LogP contribution in [0.15, 0.2) is 18.5 Å². The smallest absolute Gasteiger partial charge is 0.355 e. The Hall–Kier alpha value is -2.01. The summed E-state index contributed by atoms with van der Waals surface area (Å²) in [7, 11) is 0. The zero-order chi connectivity index (χ0) is 22.2. The van der Waals surface area contributed by atoms with Gasteiger partial charge in [-0.3, -0.25) is 4.90 Å². The van der Waals surface area contributed by atoms with Crippen molar-refractivity contribution in [3.63, 3.8) is 0 Å². The summed E-state index contributed by atoms with van der Waals surface area (Å²) >= 11 is 0. The Bertz CT molecular complexity index is 884. The van der Waals surface area contributed by atoms with Crippen molar-refractivity contribution >= 4 is 16.7 Å². The number of aromatic amines is 1. The molecule has 2 aromatic heterocycles.